The van der Waals surface area contributed by atoms with Gasteiger partial charge in [-0.15, -0.1) is 0 Å². The molecule has 8 nitrogen and oxygen atoms in total. The van der Waals surface area contributed by atoms with Crippen molar-refractivity contribution in [1.29, 1.82) is 0 Å². The fraction of sp³-hybridized carbons (Fsp3) is 0.750. The lowest BCUT2D eigenvalue weighted by molar-refractivity contribution is -0.162. The molecule has 0 aromatic heterocycles. The highest BCUT2D eigenvalue weighted by atomic mass is 16.6. The van der Waals surface area contributed by atoms with Crippen LogP contribution in [0.2, 0.25) is 0 Å². The van der Waals surface area contributed by atoms with E-state index in [0.717, 1.165) is 32.1 Å². The quantitative estimate of drug-likeness (QED) is 0.425. The van der Waals surface area contributed by atoms with Gasteiger partial charge in [-0.05, 0) is 44.9 Å². The lowest BCUT2D eigenvalue weighted by atomic mass is 9.74. The van der Waals surface area contributed by atoms with Crippen molar-refractivity contribution in [2.75, 3.05) is 26.3 Å². The Balaban J connectivity index is 1.86. The van der Waals surface area contributed by atoms with E-state index >= 15 is 0 Å². The third-order valence-electron chi connectivity index (χ3n) is 8.15. The molecule has 4 aliphatic heterocycles. The number of carbonyl (C=O) groups excluding carboxylic acids is 3. The maximum Gasteiger partial charge on any atom is 0.313 e. The normalized spacial score (nSPS) is 36.3. The molecule has 4 aliphatic rings. The van der Waals surface area contributed by atoms with Crippen LogP contribution in [0, 0.1) is 17.8 Å². The molecule has 0 aromatic rings. The van der Waals surface area contributed by atoms with E-state index < -0.39 is 41.1 Å². The predicted octanol–water partition coefficient (Wildman–Crippen LogP) is 2.85. The highest BCUT2D eigenvalue weighted by molar-refractivity contribution is 5.99. The lowest BCUT2D eigenvalue weighted by Crippen LogP contribution is -2.59. The Kier molecular flexibility index (Phi) is 7.95. The van der Waals surface area contributed by atoms with Gasteiger partial charge in [-0.3, -0.25) is 14.4 Å². The summed E-state index contributed by atoms with van der Waals surface area (Å²) in [6.45, 7) is 8.99. The first-order chi connectivity index (χ1) is 17.2. The Hall–Kier alpha value is -2.19. The Bertz CT molecular complexity index is 916. The van der Waals surface area contributed by atoms with E-state index in [1.807, 2.05) is 45.1 Å². The van der Waals surface area contributed by atoms with Gasteiger partial charge in [-0.25, -0.2) is 0 Å². The van der Waals surface area contributed by atoms with E-state index in [1.165, 1.54) is 0 Å². The van der Waals surface area contributed by atoms with Crippen molar-refractivity contribution in [1.82, 2.24) is 9.80 Å². The molecule has 0 aliphatic carbocycles. The monoisotopic (exact) mass is 502 g/mol. The van der Waals surface area contributed by atoms with Crippen LogP contribution < -0.4 is 0 Å². The Labute approximate surface area is 214 Å². The second-order valence-corrected chi connectivity index (χ2v) is 11.3. The average molecular weight is 503 g/mol. The van der Waals surface area contributed by atoms with Crippen LogP contribution in [0.5, 0.6) is 0 Å². The average Bonchev–Trinajstić information content (AvgIpc) is 3.17. The number of aliphatic hydroxyl groups excluding tert-OH is 1. The highest BCUT2D eigenvalue weighted by Crippen LogP contribution is 2.57. The second kappa shape index (κ2) is 10.7. The van der Waals surface area contributed by atoms with Gasteiger partial charge < -0.3 is 24.4 Å². The first kappa shape index (κ1) is 26.9. The number of aliphatic hydroxyl groups is 1. The van der Waals surface area contributed by atoms with Crippen molar-refractivity contribution in [2.24, 2.45) is 17.8 Å². The molecule has 0 saturated carbocycles. The minimum absolute atomic E-state index is 0.184. The summed E-state index contributed by atoms with van der Waals surface area (Å²) in [6, 6.07) is -1.49. The third kappa shape index (κ3) is 4.51. The first-order valence-electron chi connectivity index (χ1n) is 13.6. The van der Waals surface area contributed by atoms with Crippen molar-refractivity contribution >= 4 is 17.8 Å². The van der Waals surface area contributed by atoms with Gasteiger partial charge in [0.1, 0.15) is 17.6 Å². The molecular weight excluding hydrogens is 460 g/mol. The molecule has 1 spiro atoms. The number of allylic oxidation sites excluding steroid dienone is 1. The number of fused-ring (bicyclic) bond motifs is 2. The van der Waals surface area contributed by atoms with E-state index in [2.05, 4.69) is 6.92 Å². The summed E-state index contributed by atoms with van der Waals surface area (Å²) in [5, 5.41) is 10.4. The van der Waals surface area contributed by atoms with Crippen LogP contribution in [0.25, 0.3) is 0 Å². The minimum Gasteiger partial charge on any atom is -0.465 e. The lowest BCUT2D eigenvalue weighted by Gasteiger charge is -2.40. The zero-order chi connectivity index (χ0) is 26.1. The summed E-state index contributed by atoms with van der Waals surface area (Å²) in [7, 11) is 0. The molecule has 4 rings (SSSR count). The number of unbranched alkanes of at least 4 members (excludes halogenated alkanes) is 1. The molecule has 0 bridgehead atoms. The minimum atomic E-state index is -1.31. The van der Waals surface area contributed by atoms with Crippen LogP contribution in [-0.4, -0.2) is 82.3 Å². The number of likely N-dealkylation sites (tertiary alicyclic amines) is 1. The molecule has 2 saturated heterocycles. The molecule has 4 heterocycles. The van der Waals surface area contributed by atoms with Crippen molar-refractivity contribution in [2.45, 2.75) is 89.5 Å². The summed E-state index contributed by atoms with van der Waals surface area (Å²) >= 11 is 0. The smallest absolute Gasteiger partial charge is 0.313 e. The molecule has 200 valence electrons. The number of hydrogen-bond acceptors (Lipinski definition) is 6. The van der Waals surface area contributed by atoms with E-state index in [1.54, 1.807) is 9.80 Å². The predicted molar refractivity (Wildman–Crippen MR) is 135 cm³/mol. The van der Waals surface area contributed by atoms with Gasteiger partial charge >= 0.3 is 5.97 Å². The zero-order valence-electron chi connectivity index (χ0n) is 22.2. The molecule has 8 heteroatoms. The van der Waals surface area contributed by atoms with Gasteiger partial charge in [-0.1, -0.05) is 51.5 Å². The Morgan fingerprint density at radius 1 is 1.11 bits per heavy atom. The number of rotatable bonds is 7. The SMILES string of the molecule is CCCCN1CC=C[C@]23O[C@]4(C)/C=C\CCCCOC(=O)[C@@H]4[C@H]2C(=O)N([C@@H](CO)CC(C)C)C3C1=O. The van der Waals surface area contributed by atoms with Crippen LogP contribution in [0.3, 0.4) is 0 Å². The molecule has 6 atom stereocenters. The fourth-order valence-electron chi connectivity index (χ4n) is 6.55. The van der Waals surface area contributed by atoms with Crippen LogP contribution in [-0.2, 0) is 23.9 Å². The summed E-state index contributed by atoms with van der Waals surface area (Å²) in [5.74, 6) is -2.55. The largest absolute Gasteiger partial charge is 0.465 e. The van der Waals surface area contributed by atoms with Crippen molar-refractivity contribution in [3.8, 4) is 0 Å². The molecule has 2 fully saturated rings. The Morgan fingerprint density at radius 3 is 2.58 bits per heavy atom. The van der Waals surface area contributed by atoms with Gasteiger partial charge in [0.05, 0.1) is 30.8 Å². The fourth-order valence-corrected chi connectivity index (χ4v) is 6.55. The molecule has 0 radical (unpaired) electrons. The van der Waals surface area contributed by atoms with Crippen LogP contribution >= 0.6 is 0 Å². The van der Waals surface area contributed by atoms with Gasteiger partial charge in [0, 0.05) is 13.1 Å². The van der Waals surface area contributed by atoms with Gasteiger partial charge in [0.25, 0.3) is 0 Å². The van der Waals surface area contributed by atoms with Gasteiger partial charge in [0.15, 0.2) is 0 Å². The standard InChI is InChI=1S/C28H42N2O6/c1-5-6-14-29-15-11-13-28-21(22-26(34)35-16-10-8-7-9-12-27(22,4)36-28)24(32)30(23(28)25(29)33)20(18-31)17-19(2)3/h9,11-13,19-23,31H,5-8,10,14-18H2,1-4H3/b12-9-/t20-,21+,22+,23?,27-,28+/m1/s1. The van der Waals surface area contributed by atoms with Crippen molar-refractivity contribution in [3.05, 3.63) is 24.3 Å². The summed E-state index contributed by atoms with van der Waals surface area (Å²) < 4.78 is 12.5. The van der Waals surface area contributed by atoms with E-state index in [-0.39, 0.29) is 24.3 Å². The van der Waals surface area contributed by atoms with Crippen LogP contribution in [0.15, 0.2) is 24.3 Å². The number of esters is 1. The van der Waals surface area contributed by atoms with Crippen molar-refractivity contribution in [3.63, 3.8) is 0 Å². The number of cyclic esters (lactones) is 1. The first-order valence-corrected chi connectivity index (χ1v) is 13.6. The molecular formula is C28H42N2O6. The molecule has 1 N–H and O–H groups in total. The zero-order valence-corrected chi connectivity index (χ0v) is 22.2. The number of amides is 2. The molecule has 2 amide bonds. The van der Waals surface area contributed by atoms with Crippen molar-refractivity contribution < 1.29 is 29.0 Å². The Morgan fingerprint density at radius 2 is 1.89 bits per heavy atom. The summed E-state index contributed by atoms with van der Waals surface area (Å²) in [4.78, 5) is 45.3. The second-order valence-electron chi connectivity index (χ2n) is 11.3. The maximum absolute atomic E-state index is 14.3. The third-order valence-corrected chi connectivity index (χ3v) is 8.15. The van der Waals surface area contributed by atoms with Crippen LogP contribution in [0.4, 0.5) is 0 Å². The number of carbonyl (C=O) groups is 3. The number of hydrogen-bond donors (Lipinski definition) is 1. The van der Waals surface area contributed by atoms with E-state index in [9.17, 15) is 19.5 Å². The topological polar surface area (TPSA) is 96.4 Å². The summed E-state index contributed by atoms with van der Waals surface area (Å²) in [5.41, 5.74) is -2.40. The molecule has 1 unspecified atom stereocenters. The van der Waals surface area contributed by atoms with Crippen LogP contribution in [0.1, 0.15) is 66.2 Å². The van der Waals surface area contributed by atoms with Gasteiger partial charge in [-0.2, -0.15) is 0 Å². The summed E-state index contributed by atoms with van der Waals surface area (Å²) in [6.07, 6.45) is 12.5. The van der Waals surface area contributed by atoms with Gasteiger partial charge in [0.2, 0.25) is 11.8 Å². The van der Waals surface area contributed by atoms with E-state index in [4.69, 9.17) is 9.47 Å². The number of nitrogens with zero attached hydrogens (tertiary/aromatic N) is 2. The maximum atomic E-state index is 14.3. The molecule has 36 heavy (non-hydrogen) atoms. The molecule has 0 aromatic carbocycles. The van der Waals surface area contributed by atoms with E-state index in [0.29, 0.717) is 26.1 Å². The number of ether oxygens (including phenoxy) is 2. The highest BCUT2D eigenvalue weighted by Gasteiger charge is 2.75.